The highest BCUT2D eigenvalue weighted by atomic mass is 35.5. The zero-order valence-electron chi connectivity index (χ0n) is 15.8. The Morgan fingerprint density at radius 3 is 2.54 bits per heavy atom. The first-order chi connectivity index (χ1) is 13.3. The number of nitrogens with zero attached hydrogens (tertiary/aromatic N) is 1. The molecule has 1 fully saturated rings. The van der Waals surface area contributed by atoms with Gasteiger partial charge in [0.15, 0.2) is 0 Å². The molecule has 1 amide bonds. The number of nitrogens with one attached hydrogen (secondary N) is 1. The number of amides is 1. The van der Waals surface area contributed by atoms with E-state index in [1.54, 1.807) is 7.11 Å². The smallest absolute Gasteiger partial charge is 0.253 e. The Morgan fingerprint density at radius 1 is 1.18 bits per heavy atom. The Hall–Kier alpha value is -2.09. The van der Waals surface area contributed by atoms with E-state index in [1.165, 1.54) is 22.5 Å². The minimum absolute atomic E-state index is 0.0777. The highest BCUT2D eigenvalue weighted by Gasteiger charge is 2.28. The molecule has 1 heterocycles. The second-order valence-corrected chi connectivity index (χ2v) is 9.04. The predicted molar refractivity (Wildman–Crippen MR) is 108 cm³/mol. The maximum Gasteiger partial charge on any atom is 0.253 e. The number of carbonyl (C=O) groups is 1. The van der Waals surface area contributed by atoms with Crippen LogP contribution in [0, 0.1) is 0 Å². The maximum atomic E-state index is 12.8. The van der Waals surface area contributed by atoms with Crippen LogP contribution < -0.4 is 10.1 Å². The molecule has 3 rings (SSSR count). The molecule has 2 aromatic rings. The van der Waals surface area contributed by atoms with E-state index in [4.69, 9.17) is 16.3 Å². The molecule has 0 saturated carbocycles. The first kappa shape index (κ1) is 20.6. The molecule has 6 nitrogen and oxygen atoms in total. The van der Waals surface area contributed by atoms with E-state index in [1.807, 2.05) is 31.2 Å². The van der Waals surface area contributed by atoms with Gasteiger partial charge in [0.2, 0.25) is 10.0 Å². The number of sulfonamides is 1. The molecule has 1 N–H and O–H groups in total. The van der Waals surface area contributed by atoms with Crippen LogP contribution in [-0.4, -0.2) is 38.8 Å². The van der Waals surface area contributed by atoms with Gasteiger partial charge < -0.3 is 10.1 Å². The number of hydrogen-bond acceptors (Lipinski definition) is 4. The second kappa shape index (κ2) is 8.51. The van der Waals surface area contributed by atoms with E-state index in [-0.39, 0.29) is 21.5 Å². The summed E-state index contributed by atoms with van der Waals surface area (Å²) in [6.45, 7) is 2.82. The van der Waals surface area contributed by atoms with Crippen LogP contribution in [0.25, 0.3) is 0 Å². The Kier molecular flexibility index (Phi) is 6.27. The number of rotatable bonds is 6. The largest absolute Gasteiger partial charge is 0.496 e. The zero-order valence-corrected chi connectivity index (χ0v) is 17.4. The summed E-state index contributed by atoms with van der Waals surface area (Å²) < 4.78 is 32.3. The monoisotopic (exact) mass is 422 g/mol. The third-order valence-corrected chi connectivity index (χ3v) is 7.06. The van der Waals surface area contributed by atoms with Crippen molar-refractivity contribution < 1.29 is 17.9 Å². The van der Waals surface area contributed by atoms with E-state index >= 15 is 0 Å². The SMILES string of the molecule is COc1ccccc1[C@@H](C)NC(=O)c1cc(S(=O)(=O)N2CCCC2)ccc1Cl. The van der Waals surface area contributed by atoms with E-state index in [0.29, 0.717) is 18.8 Å². The minimum Gasteiger partial charge on any atom is -0.496 e. The van der Waals surface area contributed by atoms with Crippen molar-refractivity contribution in [1.29, 1.82) is 0 Å². The maximum absolute atomic E-state index is 12.8. The van der Waals surface area contributed by atoms with Crippen molar-refractivity contribution in [3.8, 4) is 5.75 Å². The molecule has 0 aliphatic carbocycles. The number of para-hydroxylation sites is 1. The van der Waals surface area contributed by atoms with Gasteiger partial charge in [0, 0.05) is 18.7 Å². The molecular formula is C20H23ClN2O4S. The summed E-state index contributed by atoms with van der Waals surface area (Å²) in [5, 5.41) is 3.06. The van der Waals surface area contributed by atoms with Crippen LogP contribution in [0.15, 0.2) is 47.4 Å². The van der Waals surface area contributed by atoms with Gasteiger partial charge in [0.25, 0.3) is 5.91 Å². The summed E-state index contributed by atoms with van der Waals surface area (Å²) in [7, 11) is -2.06. The molecule has 0 unspecified atom stereocenters. The predicted octanol–water partition coefficient (Wildman–Crippen LogP) is 3.62. The van der Waals surface area contributed by atoms with Gasteiger partial charge >= 0.3 is 0 Å². The quantitative estimate of drug-likeness (QED) is 0.771. The summed E-state index contributed by atoms with van der Waals surface area (Å²) in [5.41, 5.74) is 0.944. The van der Waals surface area contributed by atoms with Crippen molar-refractivity contribution in [1.82, 2.24) is 9.62 Å². The first-order valence-corrected chi connectivity index (χ1v) is 10.9. The van der Waals surface area contributed by atoms with Crippen molar-refractivity contribution in [2.45, 2.75) is 30.7 Å². The Morgan fingerprint density at radius 2 is 1.86 bits per heavy atom. The molecule has 1 saturated heterocycles. The molecule has 1 aliphatic heterocycles. The summed E-state index contributed by atoms with van der Waals surface area (Å²) in [6.07, 6.45) is 1.69. The third-order valence-electron chi connectivity index (χ3n) is 4.84. The lowest BCUT2D eigenvalue weighted by molar-refractivity contribution is 0.0939. The topological polar surface area (TPSA) is 75.7 Å². The molecule has 1 atom stereocenters. The van der Waals surface area contributed by atoms with Crippen LogP contribution in [-0.2, 0) is 10.0 Å². The lowest BCUT2D eigenvalue weighted by atomic mass is 10.1. The number of hydrogen-bond donors (Lipinski definition) is 1. The highest BCUT2D eigenvalue weighted by Crippen LogP contribution is 2.27. The summed E-state index contributed by atoms with van der Waals surface area (Å²) >= 11 is 6.19. The van der Waals surface area contributed by atoms with Crippen molar-refractivity contribution in [2.24, 2.45) is 0 Å². The minimum atomic E-state index is -3.63. The molecule has 150 valence electrons. The zero-order chi connectivity index (χ0) is 20.3. The number of benzene rings is 2. The fraction of sp³-hybridized carbons (Fsp3) is 0.350. The van der Waals surface area contributed by atoms with Crippen LogP contribution in [0.5, 0.6) is 5.75 Å². The van der Waals surface area contributed by atoms with Crippen molar-refractivity contribution in [2.75, 3.05) is 20.2 Å². The summed E-state index contributed by atoms with van der Waals surface area (Å²) in [6, 6.07) is 11.3. The lowest BCUT2D eigenvalue weighted by Gasteiger charge is -2.19. The van der Waals surface area contributed by atoms with Gasteiger partial charge in [0.1, 0.15) is 5.75 Å². The number of methoxy groups -OCH3 is 1. The molecular weight excluding hydrogens is 400 g/mol. The van der Waals surface area contributed by atoms with E-state index < -0.39 is 15.9 Å². The average molecular weight is 423 g/mol. The fourth-order valence-corrected chi connectivity index (χ4v) is 5.04. The van der Waals surface area contributed by atoms with Gasteiger partial charge in [-0.1, -0.05) is 29.8 Å². The van der Waals surface area contributed by atoms with Gasteiger partial charge in [-0.25, -0.2) is 8.42 Å². The first-order valence-electron chi connectivity index (χ1n) is 9.08. The average Bonchev–Trinajstić information content (AvgIpc) is 3.23. The lowest BCUT2D eigenvalue weighted by Crippen LogP contribution is -2.29. The Balaban J connectivity index is 1.85. The molecule has 28 heavy (non-hydrogen) atoms. The van der Waals surface area contributed by atoms with Gasteiger partial charge in [-0.15, -0.1) is 0 Å². The number of halogens is 1. The van der Waals surface area contributed by atoms with Crippen LogP contribution in [0.4, 0.5) is 0 Å². The standard InChI is InChI=1S/C20H23ClN2O4S/c1-14(16-7-3-4-8-19(16)27-2)22-20(24)17-13-15(9-10-18(17)21)28(25,26)23-11-5-6-12-23/h3-4,7-10,13-14H,5-6,11-12H2,1-2H3,(H,22,24)/t14-/m1/s1. The Labute approximate surface area is 170 Å². The normalized spacial score (nSPS) is 16.0. The van der Waals surface area contributed by atoms with Crippen LogP contribution in [0.2, 0.25) is 5.02 Å². The number of ether oxygens (including phenoxy) is 1. The van der Waals surface area contributed by atoms with E-state index in [2.05, 4.69) is 5.32 Å². The highest BCUT2D eigenvalue weighted by molar-refractivity contribution is 7.89. The van der Waals surface area contributed by atoms with E-state index in [9.17, 15) is 13.2 Å². The summed E-state index contributed by atoms with van der Waals surface area (Å²) in [4.78, 5) is 12.9. The van der Waals surface area contributed by atoms with Crippen molar-refractivity contribution in [3.05, 3.63) is 58.6 Å². The molecule has 0 aromatic heterocycles. The van der Waals surface area contributed by atoms with Gasteiger partial charge in [-0.3, -0.25) is 4.79 Å². The molecule has 0 spiro atoms. The molecule has 2 aromatic carbocycles. The molecule has 0 bridgehead atoms. The number of carbonyl (C=O) groups excluding carboxylic acids is 1. The van der Waals surface area contributed by atoms with Crippen LogP contribution in [0.1, 0.15) is 41.7 Å². The van der Waals surface area contributed by atoms with E-state index in [0.717, 1.165) is 18.4 Å². The molecule has 1 aliphatic rings. The fourth-order valence-electron chi connectivity index (χ4n) is 3.29. The van der Waals surface area contributed by atoms with Crippen LogP contribution >= 0.6 is 11.6 Å². The Bertz CT molecular complexity index is 972. The van der Waals surface area contributed by atoms with Crippen LogP contribution in [0.3, 0.4) is 0 Å². The van der Waals surface area contributed by atoms with Gasteiger partial charge in [0.05, 0.1) is 28.6 Å². The van der Waals surface area contributed by atoms with Gasteiger partial charge in [-0.2, -0.15) is 4.31 Å². The van der Waals surface area contributed by atoms with Crippen molar-refractivity contribution >= 4 is 27.5 Å². The molecule has 8 heteroatoms. The third kappa shape index (κ3) is 4.16. The van der Waals surface area contributed by atoms with Gasteiger partial charge in [-0.05, 0) is 44.0 Å². The second-order valence-electron chi connectivity index (χ2n) is 6.69. The molecule has 0 radical (unpaired) electrons. The van der Waals surface area contributed by atoms with Crippen molar-refractivity contribution in [3.63, 3.8) is 0 Å². The summed E-state index contributed by atoms with van der Waals surface area (Å²) in [5.74, 6) is 0.216.